The van der Waals surface area contributed by atoms with Crippen LogP contribution in [0.3, 0.4) is 0 Å². The van der Waals surface area contributed by atoms with Crippen molar-refractivity contribution in [3.8, 4) is 11.3 Å². The number of aromatic nitrogens is 4. The van der Waals surface area contributed by atoms with Gasteiger partial charge in [0, 0.05) is 11.9 Å². The highest BCUT2D eigenvalue weighted by Crippen LogP contribution is 2.20. The van der Waals surface area contributed by atoms with E-state index in [1.54, 1.807) is 12.4 Å². The molecule has 0 aliphatic heterocycles. The number of hydrogen-bond donors (Lipinski definition) is 2. The number of amides is 1. The molecule has 0 bridgehead atoms. The van der Waals surface area contributed by atoms with Gasteiger partial charge in [0.15, 0.2) is 0 Å². The summed E-state index contributed by atoms with van der Waals surface area (Å²) in [7, 11) is 0. The van der Waals surface area contributed by atoms with Gasteiger partial charge >= 0.3 is 0 Å². The average molecular weight is 371 g/mol. The fourth-order valence-electron chi connectivity index (χ4n) is 3.21. The zero-order valence-electron chi connectivity index (χ0n) is 15.6. The molecule has 4 aromatic rings. The van der Waals surface area contributed by atoms with Crippen LogP contribution >= 0.6 is 0 Å². The summed E-state index contributed by atoms with van der Waals surface area (Å²) in [6.07, 6.45) is 4.09. The first-order chi connectivity index (χ1) is 13.7. The van der Waals surface area contributed by atoms with Gasteiger partial charge in [0.25, 0.3) is 5.91 Å². The second-order valence-electron chi connectivity index (χ2n) is 6.50. The van der Waals surface area contributed by atoms with Crippen LogP contribution in [-0.2, 0) is 13.0 Å². The molecule has 6 nitrogen and oxygen atoms in total. The van der Waals surface area contributed by atoms with Crippen LogP contribution in [0.4, 0.5) is 5.69 Å². The van der Waals surface area contributed by atoms with Gasteiger partial charge < -0.3 is 5.32 Å². The molecule has 0 radical (unpaired) electrons. The summed E-state index contributed by atoms with van der Waals surface area (Å²) in [5.41, 5.74) is 5.38. The molecule has 1 amide bonds. The van der Waals surface area contributed by atoms with Crippen molar-refractivity contribution >= 4 is 11.6 Å². The zero-order chi connectivity index (χ0) is 19.3. The summed E-state index contributed by atoms with van der Waals surface area (Å²) >= 11 is 0. The van der Waals surface area contributed by atoms with Gasteiger partial charge in [0.05, 0.1) is 29.7 Å². The minimum atomic E-state index is -0.148. The summed E-state index contributed by atoms with van der Waals surface area (Å²) in [5.74, 6) is -0.148. The Bertz CT molecular complexity index is 1050. The normalized spacial score (nSPS) is 10.8. The molecule has 0 fully saturated rings. The molecule has 2 N–H and O–H groups in total. The van der Waals surface area contributed by atoms with Gasteiger partial charge in [-0.05, 0) is 35.7 Å². The molecular formula is C22H21N5O. The number of hydrogen-bond acceptors (Lipinski definition) is 3. The molecule has 0 atom stereocenters. The van der Waals surface area contributed by atoms with Crippen LogP contribution in [0, 0.1) is 0 Å². The molecule has 28 heavy (non-hydrogen) atoms. The molecule has 0 unspecified atom stereocenters. The van der Waals surface area contributed by atoms with Crippen molar-refractivity contribution in [2.45, 2.75) is 19.9 Å². The molecule has 2 aromatic heterocycles. The lowest BCUT2D eigenvalue weighted by Crippen LogP contribution is -2.15. The number of nitrogens with one attached hydrogen (secondary N) is 2. The van der Waals surface area contributed by atoms with Gasteiger partial charge in [-0.25, -0.2) is 0 Å². The van der Waals surface area contributed by atoms with Crippen molar-refractivity contribution in [3.63, 3.8) is 0 Å². The number of carbonyl (C=O) groups excluding carboxylic acids is 1. The molecule has 2 heterocycles. The largest absolute Gasteiger partial charge is 0.322 e. The van der Waals surface area contributed by atoms with E-state index in [-0.39, 0.29) is 5.91 Å². The lowest BCUT2D eigenvalue weighted by molar-refractivity contribution is 0.102. The molecule has 6 heteroatoms. The van der Waals surface area contributed by atoms with Gasteiger partial charge in [-0.15, -0.1) is 0 Å². The van der Waals surface area contributed by atoms with E-state index in [4.69, 9.17) is 0 Å². The minimum absolute atomic E-state index is 0.148. The van der Waals surface area contributed by atoms with Gasteiger partial charge in [-0.2, -0.15) is 10.2 Å². The average Bonchev–Trinajstić information content (AvgIpc) is 3.39. The Morgan fingerprint density at radius 2 is 1.86 bits per heavy atom. The number of aromatic amines is 1. The molecule has 4 rings (SSSR count). The van der Waals surface area contributed by atoms with Crippen LogP contribution < -0.4 is 5.32 Å². The predicted octanol–water partition coefficient (Wildman–Crippen LogP) is 4.14. The van der Waals surface area contributed by atoms with Gasteiger partial charge in [0.1, 0.15) is 0 Å². The first kappa shape index (κ1) is 17.7. The van der Waals surface area contributed by atoms with E-state index in [0.717, 1.165) is 34.6 Å². The first-order valence-corrected chi connectivity index (χ1v) is 9.24. The number of H-pyrrole nitrogens is 1. The quantitative estimate of drug-likeness (QED) is 0.535. The summed E-state index contributed by atoms with van der Waals surface area (Å²) in [6.45, 7) is 2.69. The highest BCUT2D eigenvalue weighted by molar-refractivity contribution is 6.05. The Labute approximate surface area is 163 Å². The maximum Gasteiger partial charge on any atom is 0.259 e. The van der Waals surface area contributed by atoms with E-state index in [1.165, 1.54) is 0 Å². The Morgan fingerprint density at radius 3 is 2.54 bits per heavy atom. The number of rotatable bonds is 6. The van der Waals surface area contributed by atoms with Crippen LogP contribution in [0.2, 0.25) is 0 Å². The first-order valence-electron chi connectivity index (χ1n) is 9.24. The molecule has 0 spiro atoms. The van der Waals surface area contributed by atoms with Crippen LogP contribution in [0.5, 0.6) is 0 Å². The van der Waals surface area contributed by atoms with Crippen LogP contribution in [0.1, 0.15) is 28.5 Å². The van der Waals surface area contributed by atoms with E-state index >= 15 is 0 Å². The minimum Gasteiger partial charge on any atom is -0.322 e. The topological polar surface area (TPSA) is 75.6 Å². The Hall–Kier alpha value is -3.67. The molecule has 0 saturated carbocycles. The van der Waals surface area contributed by atoms with Crippen LogP contribution in [0.25, 0.3) is 11.3 Å². The van der Waals surface area contributed by atoms with E-state index in [1.807, 2.05) is 60.1 Å². The smallest absolute Gasteiger partial charge is 0.259 e. The fraction of sp³-hybridized carbons (Fsp3) is 0.136. The van der Waals surface area contributed by atoms with Crippen molar-refractivity contribution in [2.75, 3.05) is 5.32 Å². The van der Waals surface area contributed by atoms with Crippen LogP contribution in [-0.4, -0.2) is 25.9 Å². The maximum atomic E-state index is 12.8. The fourth-order valence-corrected chi connectivity index (χ4v) is 3.21. The standard InChI is InChI=1S/C22H21N5O/c1-2-21-19(14-24-27(21)15-16-6-4-3-5-7-16)22(28)25-18-10-8-17(9-11-18)20-12-13-23-26-20/h3-14H,2,15H2,1H3,(H,23,26)(H,25,28). The summed E-state index contributed by atoms with van der Waals surface area (Å²) in [5, 5.41) is 14.3. The van der Waals surface area contributed by atoms with Crippen LogP contribution in [0.15, 0.2) is 73.1 Å². The Kier molecular flexibility index (Phi) is 5.01. The Balaban J connectivity index is 1.50. The third kappa shape index (κ3) is 3.71. The highest BCUT2D eigenvalue weighted by Gasteiger charge is 2.16. The van der Waals surface area contributed by atoms with Gasteiger partial charge in [0.2, 0.25) is 0 Å². The van der Waals surface area contributed by atoms with E-state index in [0.29, 0.717) is 12.1 Å². The maximum absolute atomic E-state index is 12.8. The zero-order valence-corrected chi connectivity index (χ0v) is 15.6. The second-order valence-corrected chi connectivity index (χ2v) is 6.50. The predicted molar refractivity (Wildman–Crippen MR) is 109 cm³/mol. The monoisotopic (exact) mass is 371 g/mol. The molecule has 2 aromatic carbocycles. The van der Waals surface area contributed by atoms with Crippen molar-refractivity contribution in [1.82, 2.24) is 20.0 Å². The number of anilines is 1. The second kappa shape index (κ2) is 7.92. The number of benzene rings is 2. The van der Waals surface area contributed by atoms with Gasteiger partial charge in [-0.3, -0.25) is 14.6 Å². The third-order valence-corrected chi connectivity index (χ3v) is 4.66. The van der Waals surface area contributed by atoms with Crippen molar-refractivity contribution in [3.05, 3.63) is 89.9 Å². The lowest BCUT2D eigenvalue weighted by atomic mass is 10.1. The lowest BCUT2D eigenvalue weighted by Gasteiger charge is -2.09. The Morgan fingerprint density at radius 1 is 1.07 bits per heavy atom. The van der Waals surface area contributed by atoms with Crippen molar-refractivity contribution in [1.29, 1.82) is 0 Å². The van der Waals surface area contributed by atoms with E-state index in [9.17, 15) is 4.79 Å². The number of nitrogens with zero attached hydrogens (tertiary/aromatic N) is 3. The SMILES string of the molecule is CCc1c(C(=O)Nc2ccc(-c3ccn[nH]3)cc2)cnn1Cc1ccccc1. The van der Waals surface area contributed by atoms with Gasteiger partial charge in [-0.1, -0.05) is 49.4 Å². The number of carbonyl (C=O) groups is 1. The molecule has 0 saturated heterocycles. The highest BCUT2D eigenvalue weighted by atomic mass is 16.1. The molecule has 0 aliphatic carbocycles. The molecular weight excluding hydrogens is 350 g/mol. The van der Waals surface area contributed by atoms with Crippen molar-refractivity contribution < 1.29 is 4.79 Å². The van der Waals surface area contributed by atoms with Crippen molar-refractivity contribution in [2.24, 2.45) is 0 Å². The van der Waals surface area contributed by atoms with E-state index < -0.39 is 0 Å². The molecule has 140 valence electrons. The summed E-state index contributed by atoms with van der Waals surface area (Å²) in [6, 6.07) is 19.7. The summed E-state index contributed by atoms with van der Waals surface area (Å²) < 4.78 is 1.89. The summed E-state index contributed by atoms with van der Waals surface area (Å²) in [4.78, 5) is 12.8. The third-order valence-electron chi connectivity index (χ3n) is 4.66. The van der Waals surface area contributed by atoms with E-state index in [2.05, 4.69) is 32.7 Å². The molecule has 0 aliphatic rings.